The molecule has 0 spiro atoms. The largest absolute Gasteiger partial charge is 0.335 e. The Morgan fingerprint density at radius 1 is 1.36 bits per heavy atom. The standard InChI is InChI=1S/C17H22FN3O/c1-4-20(17(22)13(2)3)12-16-19-9-10-21(16)11-14-7-5-6-8-15(14)18/h5-10,13H,4,11-12H2,1-3H3. The zero-order chi connectivity index (χ0) is 16.1. The van der Waals surface area contributed by atoms with Crippen molar-refractivity contribution in [3.8, 4) is 0 Å². The van der Waals surface area contributed by atoms with Crippen molar-refractivity contribution in [1.82, 2.24) is 14.5 Å². The molecule has 1 aromatic carbocycles. The second-order valence-corrected chi connectivity index (χ2v) is 5.57. The van der Waals surface area contributed by atoms with Gasteiger partial charge in [0.05, 0.1) is 13.1 Å². The Hall–Kier alpha value is -2.17. The monoisotopic (exact) mass is 303 g/mol. The van der Waals surface area contributed by atoms with E-state index in [1.165, 1.54) is 6.07 Å². The maximum absolute atomic E-state index is 13.8. The number of nitrogens with zero attached hydrogens (tertiary/aromatic N) is 3. The summed E-state index contributed by atoms with van der Waals surface area (Å²) in [6.45, 7) is 7.20. The fourth-order valence-corrected chi connectivity index (χ4v) is 2.33. The lowest BCUT2D eigenvalue weighted by molar-refractivity contribution is -0.135. The van der Waals surface area contributed by atoms with Gasteiger partial charge in [-0.2, -0.15) is 0 Å². The minimum Gasteiger partial charge on any atom is -0.335 e. The molecule has 0 aliphatic carbocycles. The zero-order valence-electron chi connectivity index (χ0n) is 13.3. The minimum atomic E-state index is -0.229. The fraction of sp³-hybridized carbons (Fsp3) is 0.412. The van der Waals surface area contributed by atoms with Crippen LogP contribution < -0.4 is 0 Å². The van der Waals surface area contributed by atoms with Gasteiger partial charge in [0.1, 0.15) is 11.6 Å². The number of carbonyl (C=O) groups excluding carboxylic acids is 1. The van der Waals surface area contributed by atoms with Crippen LogP contribution in [0.2, 0.25) is 0 Å². The smallest absolute Gasteiger partial charge is 0.225 e. The molecule has 2 rings (SSSR count). The van der Waals surface area contributed by atoms with Crippen LogP contribution >= 0.6 is 0 Å². The molecular formula is C17H22FN3O. The zero-order valence-corrected chi connectivity index (χ0v) is 13.3. The van der Waals surface area contributed by atoms with E-state index in [1.807, 2.05) is 37.6 Å². The van der Waals surface area contributed by atoms with E-state index < -0.39 is 0 Å². The first-order valence-electron chi connectivity index (χ1n) is 7.55. The first-order valence-corrected chi connectivity index (χ1v) is 7.55. The summed E-state index contributed by atoms with van der Waals surface area (Å²) < 4.78 is 15.7. The maximum atomic E-state index is 13.8. The van der Waals surface area contributed by atoms with E-state index in [2.05, 4.69) is 4.98 Å². The highest BCUT2D eigenvalue weighted by molar-refractivity contribution is 5.77. The number of hydrogen-bond donors (Lipinski definition) is 0. The summed E-state index contributed by atoms with van der Waals surface area (Å²) in [5, 5.41) is 0. The van der Waals surface area contributed by atoms with Gasteiger partial charge in [0.15, 0.2) is 0 Å². The van der Waals surface area contributed by atoms with Crippen LogP contribution in [-0.4, -0.2) is 26.9 Å². The number of amides is 1. The van der Waals surface area contributed by atoms with Gasteiger partial charge in [-0.1, -0.05) is 32.0 Å². The number of hydrogen-bond acceptors (Lipinski definition) is 2. The Labute approximate surface area is 130 Å². The summed E-state index contributed by atoms with van der Waals surface area (Å²) in [5.41, 5.74) is 0.611. The third kappa shape index (κ3) is 3.72. The molecule has 0 atom stereocenters. The highest BCUT2D eigenvalue weighted by Gasteiger charge is 2.18. The first-order chi connectivity index (χ1) is 10.5. The maximum Gasteiger partial charge on any atom is 0.225 e. The van der Waals surface area contributed by atoms with Crippen molar-refractivity contribution in [3.05, 3.63) is 53.9 Å². The van der Waals surface area contributed by atoms with Gasteiger partial charge >= 0.3 is 0 Å². The molecule has 0 bridgehead atoms. The van der Waals surface area contributed by atoms with Gasteiger partial charge in [-0.15, -0.1) is 0 Å². The van der Waals surface area contributed by atoms with E-state index in [4.69, 9.17) is 0 Å². The third-order valence-electron chi connectivity index (χ3n) is 3.62. The fourth-order valence-electron chi connectivity index (χ4n) is 2.33. The molecule has 0 aliphatic heterocycles. The van der Waals surface area contributed by atoms with Gasteiger partial charge in [-0.25, -0.2) is 9.37 Å². The summed E-state index contributed by atoms with van der Waals surface area (Å²) in [6.07, 6.45) is 3.50. The topological polar surface area (TPSA) is 38.1 Å². The number of rotatable bonds is 6. The lowest BCUT2D eigenvalue weighted by Gasteiger charge is -2.23. The Balaban J connectivity index is 2.16. The van der Waals surface area contributed by atoms with Gasteiger partial charge in [0.2, 0.25) is 5.91 Å². The van der Waals surface area contributed by atoms with Crippen LogP contribution in [0.5, 0.6) is 0 Å². The highest BCUT2D eigenvalue weighted by Crippen LogP contribution is 2.12. The molecule has 0 N–H and O–H groups in total. The molecule has 5 heteroatoms. The van der Waals surface area contributed by atoms with Gasteiger partial charge in [-0.3, -0.25) is 4.79 Å². The molecule has 1 amide bonds. The van der Waals surface area contributed by atoms with E-state index in [9.17, 15) is 9.18 Å². The molecule has 0 aliphatic rings. The first kappa shape index (κ1) is 16.2. The molecule has 0 saturated carbocycles. The van der Waals surface area contributed by atoms with Crippen LogP contribution in [0, 0.1) is 11.7 Å². The average Bonchev–Trinajstić information content (AvgIpc) is 2.93. The predicted molar refractivity (Wildman–Crippen MR) is 83.7 cm³/mol. The molecule has 1 aromatic heterocycles. The normalized spacial score (nSPS) is 11.0. The summed E-state index contributed by atoms with van der Waals surface area (Å²) in [5.74, 6) is 0.588. The Morgan fingerprint density at radius 3 is 2.73 bits per heavy atom. The number of imidazole rings is 1. The number of halogens is 1. The van der Waals surface area contributed by atoms with E-state index >= 15 is 0 Å². The molecule has 0 fully saturated rings. The second-order valence-electron chi connectivity index (χ2n) is 5.57. The quantitative estimate of drug-likeness (QED) is 0.822. The molecule has 0 unspecified atom stereocenters. The van der Waals surface area contributed by atoms with Crippen molar-refractivity contribution >= 4 is 5.91 Å². The van der Waals surface area contributed by atoms with Crippen molar-refractivity contribution in [3.63, 3.8) is 0 Å². The Kier molecular flexibility index (Phi) is 5.31. The van der Waals surface area contributed by atoms with Crippen LogP contribution in [0.25, 0.3) is 0 Å². The lowest BCUT2D eigenvalue weighted by Crippen LogP contribution is -2.34. The van der Waals surface area contributed by atoms with Crippen LogP contribution in [0.1, 0.15) is 32.2 Å². The molecule has 22 heavy (non-hydrogen) atoms. The van der Waals surface area contributed by atoms with Crippen molar-refractivity contribution in [2.45, 2.75) is 33.9 Å². The summed E-state index contributed by atoms with van der Waals surface area (Å²) >= 11 is 0. The van der Waals surface area contributed by atoms with Gasteiger partial charge < -0.3 is 9.47 Å². The van der Waals surface area contributed by atoms with Crippen molar-refractivity contribution < 1.29 is 9.18 Å². The highest BCUT2D eigenvalue weighted by atomic mass is 19.1. The van der Waals surface area contributed by atoms with Crippen LogP contribution in [-0.2, 0) is 17.9 Å². The van der Waals surface area contributed by atoms with Crippen LogP contribution in [0.15, 0.2) is 36.7 Å². The predicted octanol–water partition coefficient (Wildman–Crippen LogP) is 3.08. The Bertz CT molecular complexity index is 636. The second kappa shape index (κ2) is 7.20. The molecular weight excluding hydrogens is 281 g/mol. The molecule has 1 heterocycles. The third-order valence-corrected chi connectivity index (χ3v) is 3.62. The number of benzene rings is 1. The van der Waals surface area contributed by atoms with E-state index in [0.29, 0.717) is 25.2 Å². The number of aromatic nitrogens is 2. The summed E-state index contributed by atoms with van der Waals surface area (Å²) in [6, 6.07) is 6.70. The molecule has 118 valence electrons. The molecule has 0 radical (unpaired) electrons. The molecule has 0 saturated heterocycles. The Morgan fingerprint density at radius 2 is 2.09 bits per heavy atom. The van der Waals surface area contributed by atoms with E-state index in [1.54, 1.807) is 23.2 Å². The molecule has 2 aromatic rings. The van der Waals surface area contributed by atoms with Crippen molar-refractivity contribution in [2.24, 2.45) is 5.92 Å². The van der Waals surface area contributed by atoms with E-state index in [-0.39, 0.29) is 17.6 Å². The summed E-state index contributed by atoms with van der Waals surface area (Å²) in [7, 11) is 0. The SMILES string of the molecule is CCN(Cc1nccn1Cc1ccccc1F)C(=O)C(C)C. The van der Waals surface area contributed by atoms with E-state index in [0.717, 1.165) is 5.82 Å². The average molecular weight is 303 g/mol. The summed E-state index contributed by atoms with van der Waals surface area (Å²) in [4.78, 5) is 18.2. The minimum absolute atomic E-state index is 0.0464. The molecule has 4 nitrogen and oxygen atoms in total. The van der Waals surface area contributed by atoms with Crippen molar-refractivity contribution in [2.75, 3.05) is 6.54 Å². The lowest BCUT2D eigenvalue weighted by atomic mass is 10.2. The van der Waals surface area contributed by atoms with Gasteiger partial charge in [0.25, 0.3) is 0 Å². The van der Waals surface area contributed by atoms with Gasteiger partial charge in [-0.05, 0) is 13.0 Å². The number of carbonyl (C=O) groups is 1. The van der Waals surface area contributed by atoms with Crippen molar-refractivity contribution in [1.29, 1.82) is 0 Å². The van der Waals surface area contributed by atoms with Crippen LogP contribution in [0.3, 0.4) is 0 Å². The van der Waals surface area contributed by atoms with Crippen LogP contribution in [0.4, 0.5) is 4.39 Å². The van der Waals surface area contributed by atoms with Gasteiger partial charge in [0, 0.05) is 30.4 Å².